The molecule has 1 aliphatic carbocycles. The summed E-state index contributed by atoms with van der Waals surface area (Å²) in [4.78, 5) is 0. The van der Waals surface area contributed by atoms with Crippen molar-refractivity contribution in [2.75, 3.05) is 26.2 Å². The minimum absolute atomic E-state index is 0.509. The second-order valence-electron chi connectivity index (χ2n) is 4.78. The quantitative estimate of drug-likeness (QED) is 0.648. The molecule has 0 bridgehead atoms. The zero-order valence-electron chi connectivity index (χ0n) is 9.80. The molecule has 88 valence electrons. The van der Waals surface area contributed by atoms with Crippen LogP contribution in [0.1, 0.15) is 32.6 Å². The summed E-state index contributed by atoms with van der Waals surface area (Å²) in [5.74, 6) is 0.948. The first-order chi connectivity index (χ1) is 7.40. The lowest BCUT2D eigenvalue weighted by molar-refractivity contribution is 0.0346. The molecule has 2 fully saturated rings. The highest BCUT2D eigenvalue weighted by molar-refractivity contribution is 4.91. The Morgan fingerprint density at radius 1 is 1.33 bits per heavy atom. The molecule has 0 aromatic heterocycles. The van der Waals surface area contributed by atoms with E-state index in [1.54, 1.807) is 0 Å². The normalized spacial score (nSPS) is 31.8. The van der Waals surface area contributed by atoms with Gasteiger partial charge in [-0.1, -0.05) is 13.3 Å². The fourth-order valence-electron chi connectivity index (χ4n) is 2.38. The van der Waals surface area contributed by atoms with Crippen LogP contribution in [0.3, 0.4) is 0 Å². The van der Waals surface area contributed by atoms with E-state index in [9.17, 15) is 0 Å². The summed E-state index contributed by atoms with van der Waals surface area (Å²) in [6.45, 7) is 6.44. The molecule has 2 aliphatic rings. The molecule has 0 aromatic rings. The van der Waals surface area contributed by atoms with Crippen LogP contribution in [0.4, 0.5) is 0 Å². The van der Waals surface area contributed by atoms with Crippen LogP contribution in [0, 0.1) is 5.92 Å². The Morgan fingerprint density at radius 3 is 2.80 bits per heavy atom. The average molecular weight is 212 g/mol. The van der Waals surface area contributed by atoms with Gasteiger partial charge in [0.25, 0.3) is 0 Å². The van der Waals surface area contributed by atoms with Gasteiger partial charge >= 0.3 is 0 Å². The zero-order chi connectivity index (χ0) is 10.5. The SMILES string of the molecule is CCC1CC1NCCOC1CCNCC1. The Kier molecular flexibility index (Phi) is 4.42. The molecule has 0 radical (unpaired) electrons. The standard InChI is InChI=1S/C12H24N2O/c1-2-10-9-12(10)14-7-8-15-11-3-5-13-6-4-11/h10-14H,2-9H2,1H3. The van der Waals surface area contributed by atoms with Crippen LogP contribution >= 0.6 is 0 Å². The van der Waals surface area contributed by atoms with E-state index in [-0.39, 0.29) is 0 Å². The highest BCUT2D eigenvalue weighted by Crippen LogP contribution is 2.32. The number of nitrogens with one attached hydrogen (secondary N) is 2. The highest BCUT2D eigenvalue weighted by atomic mass is 16.5. The summed E-state index contributed by atoms with van der Waals surface area (Å²) in [5, 5.41) is 6.91. The van der Waals surface area contributed by atoms with E-state index in [2.05, 4.69) is 17.6 Å². The first-order valence-electron chi connectivity index (χ1n) is 6.46. The van der Waals surface area contributed by atoms with Crippen molar-refractivity contribution in [3.8, 4) is 0 Å². The van der Waals surface area contributed by atoms with E-state index >= 15 is 0 Å². The Labute approximate surface area is 93.0 Å². The molecule has 0 spiro atoms. The lowest BCUT2D eigenvalue weighted by atomic mass is 10.1. The molecule has 2 unspecified atom stereocenters. The topological polar surface area (TPSA) is 33.3 Å². The second kappa shape index (κ2) is 5.83. The second-order valence-corrected chi connectivity index (χ2v) is 4.78. The van der Waals surface area contributed by atoms with Crippen molar-refractivity contribution < 1.29 is 4.74 Å². The fraction of sp³-hybridized carbons (Fsp3) is 1.00. The van der Waals surface area contributed by atoms with Gasteiger partial charge in [-0.05, 0) is 38.3 Å². The van der Waals surface area contributed by atoms with Crippen molar-refractivity contribution in [1.29, 1.82) is 0 Å². The van der Waals surface area contributed by atoms with Crippen molar-refractivity contribution in [2.24, 2.45) is 5.92 Å². The third-order valence-electron chi connectivity index (χ3n) is 3.60. The third-order valence-corrected chi connectivity index (χ3v) is 3.60. The lowest BCUT2D eigenvalue weighted by Crippen LogP contribution is -2.34. The average Bonchev–Trinajstić information content (AvgIpc) is 3.05. The van der Waals surface area contributed by atoms with Crippen LogP contribution in [-0.4, -0.2) is 38.4 Å². The van der Waals surface area contributed by atoms with Crippen LogP contribution in [0.5, 0.6) is 0 Å². The molecule has 1 heterocycles. The summed E-state index contributed by atoms with van der Waals surface area (Å²) in [5.41, 5.74) is 0. The molecular weight excluding hydrogens is 188 g/mol. The van der Waals surface area contributed by atoms with E-state index < -0.39 is 0 Å². The minimum atomic E-state index is 0.509. The van der Waals surface area contributed by atoms with Gasteiger partial charge in [-0.25, -0.2) is 0 Å². The van der Waals surface area contributed by atoms with E-state index in [1.807, 2.05) is 0 Å². The molecule has 0 amide bonds. The number of hydrogen-bond acceptors (Lipinski definition) is 3. The smallest absolute Gasteiger partial charge is 0.0600 e. The summed E-state index contributed by atoms with van der Waals surface area (Å²) < 4.78 is 5.83. The predicted octanol–water partition coefficient (Wildman–Crippen LogP) is 1.14. The van der Waals surface area contributed by atoms with Gasteiger partial charge in [0.1, 0.15) is 0 Å². The van der Waals surface area contributed by atoms with Gasteiger partial charge in [-0.15, -0.1) is 0 Å². The molecule has 15 heavy (non-hydrogen) atoms. The van der Waals surface area contributed by atoms with Crippen molar-refractivity contribution >= 4 is 0 Å². The van der Waals surface area contributed by atoms with E-state index in [4.69, 9.17) is 4.74 Å². The molecule has 1 saturated carbocycles. The van der Waals surface area contributed by atoms with Gasteiger partial charge in [0.05, 0.1) is 12.7 Å². The van der Waals surface area contributed by atoms with Crippen molar-refractivity contribution in [3.05, 3.63) is 0 Å². The Balaban J connectivity index is 1.45. The number of rotatable bonds is 6. The Morgan fingerprint density at radius 2 is 2.13 bits per heavy atom. The molecule has 2 N–H and O–H groups in total. The summed E-state index contributed by atoms with van der Waals surface area (Å²) in [6.07, 6.45) is 5.58. The molecule has 1 aliphatic heterocycles. The van der Waals surface area contributed by atoms with Crippen LogP contribution < -0.4 is 10.6 Å². The van der Waals surface area contributed by atoms with Gasteiger partial charge in [-0.2, -0.15) is 0 Å². The van der Waals surface area contributed by atoms with Crippen LogP contribution in [0.25, 0.3) is 0 Å². The fourth-order valence-corrected chi connectivity index (χ4v) is 2.38. The molecule has 3 nitrogen and oxygen atoms in total. The van der Waals surface area contributed by atoms with E-state index in [0.29, 0.717) is 6.10 Å². The van der Waals surface area contributed by atoms with Crippen molar-refractivity contribution in [3.63, 3.8) is 0 Å². The van der Waals surface area contributed by atoms with Gasteiger partial charge in [-0.3, -0.25) is 0 Å². The molecule has 3 heteroatoms. The largest absolute Gasteiger partial charge is 0.377 e. The molecule has 1 saturated heterocycles. The summed E-state index contributed by atoms with van der Waals surface area (Å²) in [6, 6.07) is 0.798. The third kappa shape index (κ3) is 3.74. The zero-order valence-corrected chi connectivity index (χ0v) is 9.80. The van der Waals surface area contributed by atoms with E-state index in [1.165, 1.54) is 25.7 Å². The monoisotopic (exact) mass is 212 g/mol. The number of piperidine rings is 1. The van der Waals surface area contributed by atoms with Crippen LogP contribution in [0.2, 0.25) is 0 Å². The van der Waals surface area contributed by atoms with Gasteiger partial charge < -0.3 is 15.4 Å². The Hall–Kier alpha value is -0.120. The highest BCUT2D eigenvalue weighted by Gasteiger charge is 2.34. The van der Waals surface area contributed by atoms with Crippen LogP contribution in [-0.2, 0) is 4.74 Å². The number of hydrogen-bond donors (Lipinski definition) is 2. The van der Waals surface area contributed by atoms with Crippen molar-refractivity contribution in [1.82, 2.24) is 10.6 Å². The molecule has 0 aromatic carbocycles. The van der Waals surface area contributed by atoms with Gasteiger partial charge in [0, 0.05) is 12.6 Å². The minimum Gasteiger partial charge on any atom is -0.377 e. The maximum atomic E-state index is 5.83. The van der Waals surface area contributed by atoms with Gasteiger partial charge in [0.2, 0.25) is 0 Å². The van der Waals surface area contributed by atoms with Gasteiger partial charge in [0.15, 0.2) is 0 Å². The van der Waals surface area contributed by atoms with Crippen LogP contribution in [0.15, 0.2) is 0 Å². The molecule has 2 atom stereocenters. The number of ether oxygens (including phenoxy) is 1. The molecule has 2 rings (SSSR count). The Bertz CT molecular complexity index is 180. The summed E-state index contributed by atoms with van der Waals surface area (Å²) >= 11 is 0. The predicted molar refractivity (Wildman–Crippen MR) is 62.0 cm³/mol. The first kappa shape index (κ1) is 11.4. The maximum Gasteiger partial charge on any atom is 0.0600 e. The van der Waals surface area contributed by atoms with Crippen molar-refractivity contribution in [2.45, 2.75) is 44.8 Å². The maximum absolute atomic E-state index is 5.83. The molecular formula is C12H24N2O. The van der Waals surface area contributed by atoms with E-state index in [0.717, 1.165) is 38.2 Å². The summed E-state index contributed by atoms with van der Waals surface area (Å²) in [7, 11) is 0. The lowest BCUT2D eigenvalue weighted by Gasteiger charge is -2.22. The first-order valence-corrected chi connectivity index (χ1v) is 6.46.